The molecule has 1 saturated carbocycles. The van der Waals surface area contributed by atoms with Crippen LogP contribution < -0.4 is 10.1 Å². The third kappa shape index (κ3) is 4.64. The van der Waals surface area contributed by atoms with Crippen LogP contribution in [-0.2, 0) is 10.2 Å². The minimum Gasteiger partial charge on any atom is -0.496 e. The average Bonchev–Trinajstić information content (AvgIpc) is 3.15. The number of aliphatic imine (C=N–C) groups is 1. The van der Waals surface area contributed by atoms with Gasteiger partial charge in [-0.2, -0.15) is 0 Å². The van der Waals surface area contributed by atoms with Crippen LogP contribution in [0.15, 0.2) is 23.2 Å². The molecule has 1 aromatic carbocycles. The van der Waals surface area contributed by atoms with E-state index in [0.29, 0.717) is 5.41 Å². The molecule has 4 rings (SSSR count). The zero-order chi connectivity index (χ0) is 19.6. The van der Waals surface area contributed by atoms with E-state index in [1.54, 1.807) is 7.11 Å². The summed E-state index contributed by atoms with van der Waals surface area (Å²) in [5, 5.41) is 4.45. The number of nitrogens with zero attached hydrogens (tertiary/aromatic N) is 2. The number of ether oxygens (including phenoxy) is 2. The molecule has 0 aromatic heterocycles. The lowest BCUT2D eigenvalue weighted by Crippen LogP contribution is -2.49. The fourth-order valence-corrected chi connectivity index (χ4v) is 5.35. The second-order valence-corrected chi connectivity index (χ2v) is 9.10. The van der Waals surface area contributed by atoms with Crippen LogP contribution >= 0.6 is 35.6 Å². The molecular weight excluding hydrogens is 501 g/mol. The minimum absolute atomic E-state index is 0. The van der Waals surface area contributed by atoms with E-state index in [-0.39, 0.29) is 29.4 Å². The lowest BCUT2D eigenvalue weighted by Gasteiger charge is -2.40. The third-order valence-corrected chi connectivity index (χ3v) is 7.37. The van der Waals surface area contributed by atoms with Crippen LogP contribution in [0.5, 0.6) is 5.75 Å². The van der Waals surface area contributed by atoms with Crippen molar-refractivity contribution < 1.29 is 9.47 Å². The van der Waals surface area contributed by atoms with E-state index in [1.807, 2.05) is 19.2 Å². The number of hydrogen-bond acceptors (Lipinski definition) is 3. The lowest BCUT2D eigenvalue weighted by molar-refractivity contribution is 0.0503. The van der Waals surface area contributed by atoms with Crippen molar-refractivity contribution in [3.63, 3.8) is 0 Å². The van der Waals surface area contributed by atoms with Crippen LogP contribution in [0, 0.1) is 5.41 Å². The molecule has 0 unspecified atom stereocenters. The third-order valence-electron chi connectivity index (χ3n) is 7.13. The first kappa shape index (κ1) is 22.9. The zero-order valence-electron chi connectivity index (χ0n) is 17.5. The molecule has 1 aliphatic carbocycles. The number of methoxy groups -OCH3 is 1. The normalized spacial score (nSPS) is 22.7. The molecule has 5 nitrogen and oxygen atoms in total. The summed E-state index contributed by atoms with van der Waals surface area (Å²) in [6.07, 6.45) is 7.32. The predicted octanol–water partition coefficient (Wildman–Crippen LogP) is 4.47. The van der Waals surface area contributed by atoms with Gasteiger partial charge in [-0.1, -0.05) is 18.0 Å². The fourth-order valence-electron chi connectivity index (χ4n) is 5.18. The Morgan fingerprint density at radius 1 is 1.24 bits per heavy atom. The Morgan fingerprint density at radius 2 is 2.00 bits per heavy atom. The van der Waals surface area contributed by atoms with Gasteiger partial charge in [0.2, 0.25) is 0 Å². The van der Waals surface area contributed by atoms with Gasteiger partial charge >= 0.3 is 0 Å². The molecule has 1 N–H and O–H groups in total. The molecule has 0 amide bonds. The zero-order valence-corrected chi connectivity index (χ0v) is 20.6. The van der Waals surface area contributed by atoms with Crippen LogP contribution in [0.3, 0.4) is 0 Å². The molecule has 1 aromatic rings. The first-order valence-electron chi connectivity index (χ1n) is 10.5. The highest BCUT2D eigenvalue weighted by molar-refractivity contribution is 14.0. The van der Waals surface area contributed by atoms with Crippen LogP contribution in [0.25, 0.3) is 0 Å². The van der Waals surface area contributed by atoms with E-state index >= 15 is 0 Å². The van der Waals surface area contributed by atoms with Crippen molar-refractivity contribution in [1.82, 2.24) is 10.2 Å². The van der Waals surface area contributed by atoms with Crippen molar-refractivity contribution in [2.75, 3.05) is 47.0 Å². The summed E-state index contributed by atoms with van der Waals surface area (Å²) in [6.45, 7) is 4.56. The van der Waals surface area contributed by atoms with E-state index in [9.17, 15) is 0 Å². The first-order chi connectivity index (χ1) is 13.6. The molecule has 3 fully saturated rings. The Balaban J connectivity index is 0.00000240. The van der Waals surface area contributed by atoms with Crippen molar-refractivity contribution >= 4 is 41.5 Å². The van der Waals surface area contributed by atoms with Gasteiger partial charge in [-0.05, 0) is 55.7 Å². The van der Waals surface area contributed by atoms with Crippen LogP contribution in [0.2, 0.25) is 5.02 Å². The van der Waals surface area contributed by atoms with Gasteiger partial charge in [0.05, 0.1) is 7.11 Å². The number of hydrogen-bond donors (Lipinski definition) is 1. The Labute approximate surface area is 196 Å². The van der Waals surface area contributed by atoms with Gasteiger partial charge in [0.25, 0.3) is 0 Å². The summed E-state index contributed by atoms with van der Waals surface area (Å²) < 4.78 is 11.4. The second kappa shape index (κ2) is 9.60. The maximum absolute atomic E-state index is 6.36. The van der Waals surface area contributed by atoms with Gasteiger partial charge in [0.1, 0.15) is 5.75 Å². The largest absolute Gasteiger partial charge is 0.496 e. The average molecular weight is 534 g/mol. The highest BCUT2D eigenvalue weighted by atomic mass is 127. The van der Waals surface area contributed by atoms with Gasteiger partial charge in [-0.15, -0.1) is 24.0 Å². The maximum Gasteiger partial charge on any atom is 0.193 e. The van der Waals surface area contributed by atoms with Crippen molar-refractivity contribution in [2.24, 2.45) is 10.4 Å². The highest BCUT2D eigenvalue weighted by Gasteiger charge is 2.44. The van der Waals surface area contributed by atoms with Gasteiger partial charge in [-0.25, -0.2) is 0 Å². The predicted molar refractivity (Wildman–Crippen MR) is 129 cm³/mol. The maximum atomic E-state index is 6.36. The Kier molecular flexibility index (Phi) is 7.60. The molecule has 2 saturated heterocycles. The minimum atomic E-state index is -0.0711. The van der Waals surface area contributed by atoms with Gasteiger partial charge < -0.3 is 19.7 Å². The van der Waals surface area contributed by atoms with Crippen molar-refractivity contribution in [1.29, 1.82) is 0 Å². The SMILES string of the molecule is CN=C(NCC1(c2cc(Cl)ccc2OC)CCOCC1)N1CCC2(CCC2)C1.I. The summed E-state index contributed by atoms with van der Waals surface area (Å²) in [5.74, 6) is 1.92. The molecule has 0 radical (unpaired) electrons. The van der Waals surface area contributed by atoms with E-state index in [1.165, 1.54) is 31.2 Å². The summed E-state index contributed by atoms with van der Waals surface area (Å²) in [6, 6.07) is 5.94. The van der Waals surface area contributed by atoms with Crippen LogP contribution in [0.1, 0.15) is 44.1 Å². The quantitative estimate of drug-likeness (QED) is 0.353. The molecule has 2 heterocycles. The number of guanidine groups is 1. The van der Waals surface area contributed by atoms with E-state index in [4.69, 9.17) is 21.1 Å². The number of benzene rings is 1. The van der Waals surface area contributed by atoms with E-state index in [2.05, 4.69) is 21.3 Å². The van der Waals surface area contributed by atoms with Crippen molar-refractivity contribution in [3.8, 4) is 5.75 Å². The molecule has 2 aliphatic heterocycles. The van der Waals surface area contributed by atoms with Crippen molar-refractivity contribution in [2.45, 2.75) is 43.9 Å². The highest BCUT2D eigenvalue weighted by Crippen LogP contribution is 2.48. The topological polar surface area (TPSA) is 46.1 Å². The summed E-state index contributed by atoms with van der Waals surface area (Å²) in [4.78, 5) is 7.05. The standard InChI is InChI=1S/C22H32ClN3O2.HI/c1-24-20(26-11-8-21(16-26)6-3-7-21)25-15-22(9-12-28-13-10-22)18-14-17(23)4-5-19(18)27-2;/h4-5,14H,3,6-13,15-16H2,1-2H3,(H,24,25);1H. The second-order valence-electron chi connectivity index (χ2n) is 8.66. The molecule has 0 bridgehead atoms. The number of likely N-dealkylation sites (tertiary alicyclic amines) is 1. The fraction of sp³-hybridized carbons (Fsp3) is 0.682. The Hall–Kier alpha value is -0.730. The van der Waals surface area contributed by atoms with Gasteiger partial charge in [-0.3, -0.25) is 4.99 Å². The van der Waals surface area contributed by atoms with Crippen LogP contribution in [-0.4, -0.2) is 57.9 Å². The molecule has 29 heavy (non-hydrogen) atoms. The lowest BCUT2D eigenvalue weighted by atomic mass is 9.68. The monoisotopic (exact) mass is 533 g/mol. The molecule has 7 heteroatoms. The van der Waals surface area contributed by atoms with Gasteiger partial charge in [0.15, 0.2) is 5.96 Å². The first-order valence-corrected chi connectivity index (χ1v) is 10.9. The number of rotatable bonds is 4. The van der Waals surface area contributed by atoms with Crippen LogP contribution in [0.4, 0.5) is 0 Å². The van der Waals surface area contributed by atoms with E-state index in [0.717, 1.165) is 62.4 Å². The summed E-state index contributed by atoms with van der Waals surface area (Å²) >= 11 is 6.36. The van der Waals surface area contributed by atoms with Gasteiger partial charge in [0, 0.05) is 55.9 Å². The molecule has 0 atom stereocenters. The summed E-state index contributed by atoms with van der Waals surface area (Å²) in [7, 11) is 3.62. The Bertz CT molecular complexity index is 733. The smallest absolute Gasteiger partial charge is 0.193 e. The van der Waals surface area contributed by atoms with E-state index < -0.39 is 0 Å². The molecule has 162 valence electrons. The molecule has 3 aliphatic rings. The van der Waals surface area contributed by atoms with Crippen molar-refractivity contribution in [3.05, 3.63) is 28.8 Å². The molecular formula is C22H33ClIN3O2. The molecule has 1 spiro atoms. The number of halogens is 2. The Morgan fingerprint density at radius 3 is 2.59 bits per heavy atom. The number of nitrogens with one attached hydrogen (secondary N) is 1. The summed E-state index contributed by atoms with van der Waals surface area (Å²) in [5.41, 5.74) is 1.66.